The summed E-state index contributed by atoms with van der Waals surface area (Å²) >= 11 is 1.22. The van der Waals surface area contributed by atoms with E-state index in [4.69, 9.17) is 9.15 Å². The third kappa shape index (κ3) is 3.71. The lowest BCUT2D eigenvalue weighted by molar-refractivity contribution is -0.113. The Kier molecular flexibility index (Phi) is 5.26. The highest BCUT2D eigenvalue weighted by Gasteiger charge is 2.17. The Morgan fingerprint density at radius 3 is 2.86 bits per heavy atom. The standard InChI is InChI=1S/C21H19N3O4S/c1-3-24-20(26)19-18(15-9-4-5-10-16(15)28-19)23-21(24)29-12-17(25)22-13-7-6-8-14(11-13)27-2/h4-11H,3,12H2,1-2H3,(H,22,25). The van der Waals surface area contributed by atoms with Crippen molar-refractivity contribution in [1.29, 1.82) is 0 Å². The largest absolute Gasteiger partial charge is 0.497 e. The molecule has 0 radical (unpaired) electrons. The van der Waals surface area contributed by atoms with Gasteiger partial charge in [-0.05, 0) is 31.2 Å². The molecule has 1 N–H and O–H groups in total. The maximum atomic E-state index is 12.9. The molecule has 0 saturated heterocycles. The van der Waals surface area contributed by atoms with E-state index >= 15 is 0 Å². The van der Waals surface area contributed by atoms with Gasteiger partial charge in [-0.1, -0.05) is 30.0 Å². The molecular formula is C21H19N3O4S. The highest BCUT2D eigenvalue weighted by Crippen LogP contribution is 2.27. The molecule has 0 saturated carbocycles. The second-order valence-electron chi connectivity index (χ2n) is 6.29. The SMILES string of the molecule is CCn1c(SCC(=O)Nc2cccc(OC)c2)nc2c(oc3ccccc32)c1=O. The fourth-order valence-corrected chi connectivity index (χ4v) is 3.93. The van der Waals surface area contributed by atoms with Crippen molar-refractivity contribution in [3.63, 3.8) is 0 Å². The smallest absolute Gasteiger partial charge is 0.297 e. The summed E-state index contributed by atoms with van der Waals surface area (Å²) in [5, 5.41) is 4.09. The Bertz CT molecular complexity index is 1260. The lowest BCUT2D eigenvalue weighted by Crippen LogP contribution is -2.23. The second-order valence-corrected chi connectivity index (χ2v) is 7.23. The molecule has 0 unspecified atom stereocenters. The quantitative estimate of drug-likeness (QED) is 0.384. The third-order valence-corrected chi connectivity index (χ3v) is 5.43. The number of thioether (sulfide) groups is 1. The Morgan fingerprint density at radius 1 is 1.24 bits per heavy atom. The molecule has 148 valence electrons. The summed E-state index contributed by atoms with van der Waals surface area (Å²) in [7, 11) is 1.57. The minimum absolute atomic E-state index is 0.116. The van der Waals surface area contributed by atoms with Crippen LogP contribution in [-0.2, 0) is 11.3 Å². The number of ether oxygens (including phenoxy) is 1. The first-order valence-electron chi connectivity index (χ1n) is 9.09. The van der Waals surface area contributed by atoms with Crippen LogP contribution in [0, 0.1) is 0 Å². The van der Waals surface area contributed by atoms with Crippen LogP contribution < -0.4 is 15.6 Å². The number of fused-ring (bicyclic) bond motifs is 3. The molecule has 2 heterocycles. The molecule has 0 fully saturated rings. The minimum atomic E-state index is -0.246. The molecule has 0 bridgehead atoms. The van der Waals surface area contributed by atoms with Crippen molar-refractivity contribution in [2.75, 3.05) is 18.2 Å². The van der Waals surface area contributed by atoms with Crippen molar-refractivity contribution in [3.8, 4) is 5.75 Å². The van der Waals surface area contributed by atoms with Gasteiger partial charge >= 0.3 is 0 Å². The predicted octanol–water partition coefficient (Wildman–Crippen LogP) is 3.90. The van der Waals surface area contributed by atoms with Crippen LogP contribution in [0.25, 0.3) is 22.1 Å². The number of amides is 1. The number of hydrogen-bond donors (Lipinski definition) is 1. The van der Waals surface area contributed by atoms with E-state index in [0.717, 1.165) is 5.39 Å². The van der Waals surface area contributed by atoms with Crippen molar-refractivity contribution in [2.45, 2.75) is 18.6 Å². The van der Waals surface area contributed by atoms with Gasteiger partial charge in [-0.3, -0.25) is 14.2 Å². The number of aromatic nitrogens is 2. The number of furan rings is 1. The van der Waals surface area contributed by atoms with Crippen LogP contribution in [-0.4, -0.2) is 28.3 Å². The third-order valence-electron chi connectivity index (χ3n) is 4.45. The average Bonchev–Trinajstić information content (AvgIpc) is 3.11. The van der Waals surface area contributed by atoms with Gasteiger partial charge in [0, 0.05) is 23.7 Å². The maximum Gasteiger partial charge on any atom is 0.297 e. The molecule has 4 rings (SSSR count). The summed E-state index contributed by atoms with van der Waals surface area (Å²) in [4.78, 5) is 29.9. The molecule has 0 aliphatic heterocycles. The van der Waals surface area contributed by atoms with Crippen LogP contribution in [0.5, 0.6) is 5.75 Å². The van der Waals surface area contributed by atoms with Gasteiger partial charge in [-0.2, -0.15) is 0 Å². The van der Waals surface area contributed by atoms with Crippen LogP contribution in [0.15, 0.2) is 62.9 Å². The van der Waals surface area contributed by atoms with E-state index in [1.54, 1.807) is 37.4 Å². The molecule has 0 atom stereocenters. The monoisotopic (exact) mass is 409 g/mol. The topological polar surface area (TPSA) is 86.4 Å². The number of carbonyl (C=O) groups is 1. The van der Waals surface area contributed by atoms with E-state index in [9.17, 15) is 9.59 Å². The van der Waals surface area contributed by atoms with Gasteiger partial charge in [0.15, 0.2) is 5.16 Å². The van der Waals surface area contributed by atoms with E-state index in [-0.39, 0.29) is 22.8 Å². The molecule has 8 heteroatoms. The van der Waals surface area contributed by atoms with Crippen molar-refractivity contribution in [2.24, 2.45) is 0 Å². The van der Waals surface area contributed by atoms with Crippen LogP contribution in [0.1, 0.15) is 6.92 Å². The van der Waals surface area contributed by atoms with Gasteiger partial charge in [0.2, 0.25) is 11.5 Å². The Hall–Kier alpha value is -3.26. The molecule has 2 aromatic heterocycles. The normalized spacial score (nSPS) is 11.1. The lowest BCUT2D eigenvalue weighted by atomic mass is 10.2. The van der Waals surface area contributed by atoms with Crippen molar-refractivity contribution >= 4 is 45.4 Å². The highest BCUT2D eigenvalue weighted by atomic mass is 32.2. The van der Waals surface area contributed by atoms with E-state index in [1.807, 2.05) is 25.1 Å². The van der Waals surface area contributed by atoms with Gasteiger partial charge in [0.1, 0.15) is 16.8 Å². The first-order valence-corrected chi connectivity index (χ1v) is 10.1. The number of rotatable bonds is 6. The molecule has 2 aromatic carbocycles. The van der Waals surface area contributed by atoms with Crippen molar-refractivity contribution < 1.29 is 13.9 Å². The van der Waals surface area contributed by atoms with Crippen LogP contribution in [0.3, 0.4) is 0 Å². The number of nitrogens with one attached hydrogen (secondary N) is 1. The van der Waals surface area contributed by atoms with Gasteiger partial charge < -0.3 is 14.5 Å². The maximum absolute atomic E-state index is 12.9. The van der Waals surface area contributed by atoms with Gasteiger partial charge in [0.25, 0.3) is 5.56 Å². The summed E-state index contributed by atoms with van der Waals surface area (Å²) in [5.41, 5.74) is 1.77. The Labute approximate surface area is 170 Å². The minimum Gasteiger partial charge on any atom is -0.497 e. The van der Waals surface area contributed by atoms with E-state index in [0.29, 0.717) is 34.2 Å². The van der Waals surface area contributed by atoms with E-state index in [2.05, 4.69) is 10.3 Å². The second kappa shape index (κ2) is 8.00. The first-order chi connectivity index (χ1) is 14.1. The molecule has 29 heavy (non-hydrogen) atoms. The van der Waals surface area contributed by atoms with Gasteiger partial charge in [-0.15, -0.1) is 0 Å². The summed E-state index contributed by atoms with van der Waals surface area (Å²) in [5.74, 6) is 0.580. The number of carbonyl (C=O) groups excluding carboxylic acids is 1. The number of hydrogen-bond acceptors (Lipinski definition) is 6. The van der Waals surface area contributed by atoms with Gasteiger partial charge in [0.05, 0.1) is 12.9 Å². The molecule has 0 spiro atoms. The van der Waals surface area contributed by atoms with Crippen molar-refractivity contribution in [3.05, 3.63) is 58.9 Å². The molecule has 0 aliphatic carbocycles. The molecule has 0 aliphatic rings. The van der Waals surface area contributed by atoms with Crippen LogP contribution >= 0.6 is 11.8 Å². The fourth-order valence-electron chi connectivity index (χ4n) is 3.07. The molecule has 4 aromatic rings. The zero-order valence-electron chi connectivity index (χ0n) is 16.0. The zero-order valence-corrected chi connectivity index (χ0v) is 16.8. The first kappa shape index (κ1) is 19.1. The molecule has 7 nitrogen and oxygen atoms in total. The summed E-state index contributed by atoms with van der Waals surface area (Å²) in [6.45, 7) is 2.29. The number of anilines is 1. The molecular weight excluding hydrogens is 390 g/mol. The highest BCUT2D eigenvalue weighted by molar-refractivity contribution is 7.99. The van der Waals surface area contributed by atoms with Gasteiger partial charge in [-0.25, -0.2) is 4.98 Å². The van der Waals surface area contributed by atoms with Crippen LogP contribution in [0.4, 0.5) is 5.69 Å². The predicted molar refractivity (Wildman–Crippen MR) is 114 cm³/mol. The summed E-state index contributed by atoms with van der Waals surface area (Å²) in [6, 6.07) is 14.5. The zero-order chi connectivity index (χ0) is 20.4. The van der Waals surface area contributed by atoms with E-state index < -0.39 is 0 Å². The number of nitrogens with zero attached hydrogens (tertiary/aromatic N) is 2. The molecule has 1 amide bonds. The fraction of sp³-hybridized carbons (Fsp3) is 0.190. The summed E-state index contributed by atoms with van der Waals surface area (Å²) in [6.07, 6.45) is 0. The average molecular weight is 409 g/mol. The summed E-state index contributed by atoms with van der Waals surface area (Å²) < 4.78 is 12.4. The number of benzene rings is 2. The van der Waals surface area contributed by atoms with Crippen molar-refractivity contribution in [1.82, 2.24) is 9.55 Å². The number of methoxy groups -OCH3 is 1. The Morgan fingerprint density at radius 2 is 2.07 bits per heavy atom. The van der Waals surface area contributed by atoms with Crippen LogP contribution in [0.2, 0.25) is 0 Å². The number of para-hydroxylation sites is 1. The Balaban J connectivity index is 1.60. The van der Waals surface area contributed by atoms with E-state index in [1.165, 1.54) is 16.3 Å². The lowest BCUT2D eigenvalue weighted by Gasteiger charge is -2.10.